The van der Waals surface area contributed by atoms with Crippen LogP contribution in [0.15, 0.2) is 6.20 Å². The summed E-state index contributed by atoms with van der Waals surface area (Å²) < 4.78 is 38.1. The predicted octanol–water partition coefficient (Wildman–Crippen LogP) is 2.62. The van der Waals surface area contributed by atoms with Gasteiger partial charge in [-0.1, -0.05) is 13.8 Å². The monoisotopic (exact) mass is 277 g/mol. The SMILES string of the molecule is CC(C)c1c(C(=O)O)cnc(C(F)(F)F)c1C(=O)O. The van der Waals surface area contributed by atoms with Gasteiger partial charge in [0.1, 0.15) is 0 Å². The fourth-order valence-corrected chi connectivity index (χ4v) is 1.73. The van der Waals surface area contributed by atoms with Gasteiger partial charge in [-0.15, -0.1) is 0 Å². The Balaban J connectivity index is 3.79. The molecule has 2 N–H and O–H groups in total. The molecule has 0 saturated carbocycles. The van der Waals surface area contributed by atoms with E-state index in [4.69, 9.17) is 10.2 Å². The molecule has 5 nitrogen and oxygen atoms in total. The molecule has 0 aliphatic carbocycles. The van der Waals surface area contributed by atoms with Gasteiger partial charge in [-0.05, 0) is 11.5 Å². The van der Waals surface area contributed by atoms with E-state index in [2.05, 4.69) is 4.98 Å². The van der Waals surface area contributed by atoms with Gasteiger partial charge < -0.3 is 10.2 Å². The van der Waals surface area contributed by atoms with E-state index in [0.29, 0.717) is 6.20 Å². The van der Waals surface area contributed by atoms with Crippen molar-refractivity contribution in [2.75, 3.05) is 0 Å². The van der Waals surface area contributed by atoms with E-state index in [1.807, 2.05) is 0 Å². The van der Waals surface area contributed by atoms with E-state index >= 15 is 0 Å². The Labute approximate surface area is 105 Å². The molecule has 1 aromatic rings. The molecule has 0 radical (unpaired) electrons. The Bertz CT molecular complexity index is 537. The molecule has 0 saturated heterocycles. The number of hydrogen-bond acceptors (Lipinski definition) is 3. The Morgan fingerprint density at radius 2 is 1.74 bits per heavy atom. The van der Waals surface area contributed by atoms with Gasteiger partial charge in [-0.3, -0.25) is 4.98 Å². The zero-order valence-electron chi connectivity index (χ0n) is 9.95. The Hall–Kier alpha value is -2.12. The van der Waals surface area contributed by atoms with Crippen LogP contribution in [0.25, 0.3) is 0 Å². The Morgan fingerprint density at radius 1 is 1.21 bits per heavy atom. The number of carboxylic acids is 2. The fraction of sp³-hybridized carbons (Fsp3) is 0.364. The van der Waals surface area contributed by atoms with Crippen molar-refractivity contribution in [2.24, 2.45) is 0 Å². The summed E-state index contributed by atoms with van der Waals surface area (Å²) in [5, 5.41) is 17.8. The second-order valence-corrected chi connectivity index (χ2v) is 4.07. The number of halogens is 3. The van der Waals surface area contributed by atoms with E-state index in [1.54, 1.807) is 0 Å². The molecule has 0 unspecified atom stereocenters. The standard InChI is InChI=1S/C11H10F3NO4/c1-4(2)6-5(9(16)17)3-15-8(11(12,13)14)7(6)10(18)19/h3-4H,1-2H3,(H,16,17)(H,18,19). The van der Waals surface area contributed by atoms with E-state index in [-0.39, 0.29) is 5.56 Å². The summed E-state index contributed by atoms with van der Waals surface area (Å²) >= 11 is 0. The quantitative estimate of drug-likeness (QED) is 0.886. The average molecular weight is 277 g/mol. The number of rotatable bonds is 3. The first kappa shape index (κ1) is 14.9. The molecule has 19 heavy (non-hydrogen) atoms. The van der Waals surface area contributed by atoms with Crippen LogP contribution in [-0.4, -0.2) is 27.1 Å². The number of aromatic carboxylic acids is 2. The highest BCUT2D eigenvalue weighted by Crippen LogP contribution is 2.35. The molecule has 0 fully saturated rings. The van der Waals surface area contributed by atoms with Crippen molar-refractivity contribution in [2.45, 2.75) is 25.9 Å². The van der Waals surface area contributed by atoms with Gasteiger partial charge in [0.2, 0.25) is 0 Å². The summed E-state index contributed by atoms with van der Waals surface area (Å²) in [7, 11) is 0. The molecule has 0 aromatic carbocycles. The molecule has 104 valence electrons. The lowest BCUT2D eigenvalue weighted by Gasteiger charge is -2.17. The number of nitrogens with zero attached hydrogens (tertiary/aromatic N) is 1. The minimum absolute atomic E-state index is 0.387. The van der Waals surface area contributed by atoms with E-state index < -0.39 is 40.9 Å². The van der Waals surface area contributed by atoms with Crippen LogP contribution >= 0.6 is 0 Å². The van der Waals surface area contributed by atoms with E-state index in [0.717, 1.165) is 0 Å². The first-order chi connectivity index (χ1) is 8.57. The third-order valence-electron chi connectivity index (χ3n) is 2.41. The summed E-state index contributed by atoms with van der Waals surface area (Å²) in [6.45, 7) is 2.82. The zero-order chi connectivity index (χ0) is 15.0. The smallest absolute Gasteiger partial charge is 0.434 e. The molecule has 8 heteroatoms. The molecular weight excluding hydrogens is 267 g/mol. The first-order valence-electron chi connectivity index (χ1n) is 5.14. The number of pyridine rings is 1. The van der Waals surface area contributed by atoms with E-state index in [1.165, 1.54) is 13.8 Å². The first-order valence-corrected chi connectivity index (χ1v) is 5.14. The minimum Gasteiger partial charge on any atom is -0.478 e. The van der Waals surface area contributed by atoms with Crippen LogP contribution in [0.3, 0.4) is 0 Å². The van der Waals surface area contributed by atoms with Gasteiger partial charge in [0.15, 0.2) is 5.69 Å². The van der Waals surface area contributed by atoms with Crippen molar-refractivity contribution in [3.05, 3.63) is 28.6 Å². The maximum Gasteiger partial charge on any atom is 0.434 e. The molecular formula is C11H10F3NO4. The van der Waals surface area contributed by atoms with Crippen molar-refractivity contribution in [3.63, 3.8) is 0 Å². The van der Waals surface area contributed by atoms with Crippen LogP contribution in [0.5, 0.6) is 0 Å². The third kappa shape index (κ3) is 2.83. The highest BCUT2D eigenvalue weighted by molar-refractivity contribution is 5.97. The van der Waals surface area contributed by atoms with Crippen molar-refractivity contribution in [1.82, 2.24) is 4.98 Å². The van der Waals surface area contributed by atoms with Crippen LogP contribution in [-0.2, 0) is 6.18 Å². The van der Waals surface area contributed by atoms with Crippen LogP contribution in [0.2, 0.25) is 0 Å². The summed E-state index contributed by atoms with van der Waals surface area (Å²) in [6, 6.07) is 0. The van der Waals surface area contributed by atoms with Gasteiger partial charge in [0.05, 0.1) is 11.1 Å². The van der Waals surface area contributed by atoms with Gasteiger partial charge in [0.25, 0.3) is 0 Å². The second kappa shape index (κ2) is 4.87. The van der Waals surface area contributed by atoms with Gasteiger partial charge in [0, 0.05) is 6.20 Å². The lowest BCUT2D eigenvalue weighted by Crippen LogP contribution is -2.21. The number of hydrogen-bond donors (Lipinski definition) is 2. The lowest BCUT2D eigenvalue weighted by atomic mass is 9.92. The maximum absolute atomic E-state index is 12.7. The molecule has 1 rings (SSSR count). The third-order valence-corrected chi connectivity index (χ3v) is 2.41. The van der Waals surface area contributed by atoms with Crippen LogP contribution < -0.4 is 0 Å². The normalized spacial score (nSPS) is 11.7. The number of carbonyl (C=O) groups is 2. The molecule has 0 aliphatic rings. The molecule has 0 amide bonds. The summed E-state index contributed by atoms with van der Waals surface area (Å²) in [5.74, 6) is -4.08. The topological polar surface area (TPSA) is 87.5 Å². The second-order valence-electron chi connectivity index (χ2n) is 4.07. The van der Waals surface area contributed by atoms with Gasteiger partial charge in [-0.25, -0.2) is 9.59 Å². The summed E-state index contributed by atoms with van der Waals surface area (Å²) in [4.78, 5) is 24.9. The minimum atomic E-state index is -4.96. The molecule has 1 heterocycles. The molecule has 1 aromatic heterocycles. The van der Waals surface area contributed by atoms with Gasteiger partial charge in [-0.2, -0.15) is 13.2 Å². The van der Waals surface area contributed by atoms with Crippen LogP contribution in [0.4, 0.5) is 13.2 Å². The van der Waals surface area contributed by atoms with Crippen molar-refractivity contribution >= 4 is 11.9 Å². The summed E-state index contributed by atoms with van der Waals surface area (Å²) in [6.07, 6.45) is -4.43. The van der Waals surface area contributed by atoms with Crippen molar-refractivity contribution < 1.29 is 33.0 Å². The van der Waals surface area contributed by atoms with Crippen LogP contribution in [0.1, 0.15) is 51.7 Å². The Morgan fingerprint density at radius 3 is 2.05 bits per heavy atom. The maximum atomic E-state index is 12.7. The summed E-state index contributed by atoms with van der Waals surface area (Å²) in [5.41, 5.74) is -3.63. The number of carboxylic acid groups (broad SMARTS) is 2. The lowest BCUT2D eigenvalue weighted by molar-refractivity contribution is -0.141. The highest BCUT2D eigenvalue weighted by Gasteiger charge is 2.40. The number of aromatic nitrogens is 1. The molecule has 0 spiro atoms. The van der Waals surface area contributed by atoms with Crippen molar-refractivity contribution in [3.8, 4) is 0 Å². The highest BCUT2D eigenvalue weighted by atomic mass is 19.4. The zero-order valence-corrected chi connectivity index (χ0v) is 9.95. The van der Waals surface area contributed by atoms with Crippen LogP contribution in [0, 0.1) is 0 Å². The average Bonchev–Trinajstić information content (AvgIpc) is 2.25. The fourth-order valence-electron chi connectivity index (χ4n) is 1.73. The van der Waals surface area contributed by atoms with Crippen molar-refractivity contribution in [1.29, 1.82) is 0 Å². The van der Waals surface area contributed by atoms with E-state index in [9.17, 15) is 22.8 Å². The number of alkyl halides is 3. The Kier molecular flexibility index (Phi) is 3.83. The molecule has 0 bridgehead atoms. The molecule has 0 atom stereocenters. The van der Waals surface area contributed by atoms with Gasteiger partial charge >= 0.3 is 18.1 Å². The molecule has 0 aliphatic heterocycles. The largest absolute Gasteiger partial charge is 0.478 e. The predicted molar refractivity (Wildman–Crippen MR) is 57.2 cm³/mol.